The van der Waals surface area contributed by atoms with Crippen molar-refractivity contribution in [2.75, 3.05) is 20.8 Å². The van der Waals surface area contributed by atoms with Crippen LogP contribution in [-0.2, 0) is 4.79 Å². The molecular formula is C19H28N2O4. The number of nitrogens with zero attached hydrogens (tertiary/aromatic N) is 1. The van der Waals surface area contributed by atoms with E-state index in [9.17, 15) is 9.59 Å². The van der Waals surface area contributed by atoms with Crippen molar-refractivity contribution in [3.05, 3.63) is 23.8 Å². The average molecular weight is 348 g/mol. The number of rotatable bonds is 4. The molecule has 1 aliphatic heterocycles. The van der Waals surface area contributed by atoms with Crippen LogP contribution in [0.2, 0.25) is 0 Å². The fourth-order valence-corrected chi connectivity index (χ4v) is 3.11. The number of hydrogen-bond acceptors (Lipinski definition) is 4. The van der Waals surface area contributed by atoms with Crippen LogP contribution in [0.4, 0.5) is 0 Å². The van der Waals surface area contributed by atoms with Gasteiger partial charge in [0.15, 0.2) is 11.5 Å². The maximum Gasteiger partial charge on any atom is 0.258 e. The molecule has 138 valence electrons. The maximum absolute atomic E-state index is 13.1. The highest BCUT2D eigenvalue weighted by Gasteiger charge is 2.35. The third kappa shape index (κ3) is 4.44. The van der Waals surface area contributed by atoms with Gasteiger partial charge >= 0.3 is 0 Å². The number of methoxy groups -OCH3 is 2. The summed E-state index contributed by atoms with van der Waals surface area (Å²) in [5.74, 6) is 0.587. The van der Waals surface area contributed by atoms with Crippen molar-refractivity contribution in [3.63, 3.8) is 0 Å². The third-order valence-corrected chi connectivity index (χ3v) is 4.20. The van der Waals surface area contributed by atoms with Gasteiger partial charge in [0.1, 0.15) is 6.04 Å². The fraction of sp³-hybridized carbons (Fsp3) is 0.579. The average Bonchev–Trinajstić information content (AvgIpc) is 2.58. The molecule has 2 amide bonds. The summed E-state index contributed by atoms with van der Waals surface area (Å²) in [5.41, 5.74) is 0.0778. The zero-order valence-corrected chi connectivity index (χ0v) is 15.7. The Balaban J connectivity index is 2.31. The van der Waals surface area contributed by atoms with E-state index in [0.717, 1.165) is 12.8 Å². The van der Waals surface area contributed by atoms with Crippen molar-refractivity contribution < 1.29 is 19.1 Å². The molecule has 0 saturated carbocycles. The first kappa shape index (κ1) is 19.1. The predicted octanol–water partition coefficient (Wildman–Crippen LogP) is 2.61. The molecule has 0 aromatic heterocycles. The van der Waals surface area contributed by atoms with Gasteiger partial charge in [0.05, 0.1) is 19.8 Å². The second kappa shape index (κ2) is 7.76. The first-order chi connectivity index (χ1) is 11.8. The van der Waals surface area contributed by atoms with Crippen LogP contribution < -0.4 is 14.8 Å². The zero-order chi connectivity index (χ0) is 18.6. The quantitative estimate of drug-likeness (QED) is 0.908. The molecule has 1 aromatic carbocycles. The molecule has 1 aromatic rings. The third-order valence-electron chi connectivity index (χ3n) is 4.20. The zero-order valence-electron chi connectivity index (χ0n) is 15.7. The van der Waals surface area contributed by atoms with E-state index in [-0.39, 0.29) is 17.4 Å². The summed E-state index contributed by atoms with van der Waals surface area (Å²) in [6.45, 7) is 6.36. The highest BCUT2D eigenvalue weighted by Crippen LogP contribution is 2.33. The number of likely N-dealkylation sites (tertiary alicyclic amines) is 1. The Morgan fingerprint density at radius 1 is 1.16 bits per heavy atom. The summed E-state index contributed by atoms with van der Waals surface area (Å²) in [6.07, 6.45) is 2.48. The van der Waals surface area contributed by atoms with E-state index in [0.29, 0.717) is 30.0 Å². The van der Waals surface area contributed by atoms with Crippen LogP contribution in [0.5, 0.6) is 11.5 Å². The van der Waals surface area contributed by atoms with Crippen LogP contribution in [0, 0.1) is 0 Å². The number of piperidine rings is 1. The Morgan fingerprint density at radius 3 is 2.48 bits per heavy atom. The number of benzene rings is 1. The van der Waals surface area contributed by atoms with Gasteiger partial charge in [-0.15, -0.1) is 0 Å². The molecule has 25 heavy (non-hydrogen) atoms. The molecule has 0 spiro atoms. The number of nitrogens with one attached hydrogen (secondary N) is 1. The Bertz CT molecular complexity index is 637. The monoisotopic (exact) mass is 348 g/mol. The molecule has 1 N–H and O–H groups in total. The van der Waals surface area contributed by atoms with Crippen LogP contribution in [-0.4, -0.2) is 49.1 Å². The number of hydrogen-bond donors (Lipinski definition) is 1. The Morgan fingerprint density at radius 2 is 1.88 bits per heavy atom. The molecule has 6 nitrogen and oxygen atoms in total. The van der Waals surface area contributed by atoms with Crippen LogP contribution in [0.15, 0.2) is 18.2 Å². The molecule has 1 saturated heterocycles. The first-order valence-electron chi connectivity index (χ1n) is 8.62. The van der Waals surface area contributed by atoms with E-state index >= 15 is 0 Å². The van der Waals surface area contributed by atoms with E-state index < -0.39 is 6.04 Å². The van der Waals surface area contributed by atoms with Gasteiger partial charge in [0.2, 0.25) is 5.91 Å². The highest BCUT2D eigenvalue weighted by atomic mass is 16.5. The van der Waals surface area contributed by atoms with Crippen molar-refractivity contribution in [1.82, 2.24) is 10.2 Å². The molecule has 1 aliphatic rings. The van der Waals surface area contributed by atoms with Crippen LogP contribution in [0.1, 0.15) is 50.4 Å². The predicted molar refractivity (Wildman–Crippen MR) is 96.1 cm³/mol. The van der Waals surface area contributed by atoms with Gasteiger partial charge < -0.3 is 19.7 Å². The Hall–Kier alpha value is -2.24. The number of ether oxygens (including phenoxy) is 2. The lowest BCUT2D eigenvalue weighted by Gasteiger charge is -2.36. The number of carbonyl (C=O) groups is 2. The molecule has 0 radical (unpaired) electrons. The Labute approximate surface area is 149 Å². The van der Waals surface area contributed by atoms with Crippen LogP contribution >= 0.6 is 0 Å². The molecule has 1 heterocycles. The van der Waals surface area contributed by atoms with Gasteiger partial charge in [0.25, 0.3) is 5.91 Å². The SMILES string of the molecule is COc1cccc(C(=O)N2CCCCC2C(=O)NC(C)(C)C)c1OC. The molecular weight excluding hydrogens is 320 g/mol. The first-order valence-corrected chi connectivity index (χ1v) is 8.62. The van der Waals surface area contributed by atoms with Gasteiger partial charge in [-0.05, 0) is 52.2 Å². The van der Waals surface area contributed by atoms with Crippen LogP contribution in [0.25, 0.3) is 0 Å². The Kier molecular flexibility index (Phi) is 5.93. The van der Waals surface area contributed by atoms with Crippen molar-refractivity contribution in [1.29, 1.82) is 0 Å². The van der Waals surface area contributed by atoms with Gasteiger partial charge in [0, 0.05) is 12.1 Å². The summed E-state index contributed by atoms with van der Waals surface area (Å²) < 4.78 is 10.7. The fourth-order valence-electron chi connectivity index (χ4n) is 3.11. The molecule has 1 unspecified atom stereocenters. The molecule has 6 heteroatoms. The summed E-state index contributed by atoms with van der Waals surface area (Å²) in [7, 11) is 3.04. The summed E-state index contributed by atoms with van der Waals surface area (Å²) in [5, 5.41) is 2.99. The number of para-hydroxylation sites is 1. The lowest BCUT2D eigenvalue weighted by atomic mass is 9.98. The minimum absolute atomic E-state index is 0.109. The van der Waals surface area contributed by atoms with E-state index in [1.165, 1.54) is 14.2 Å². The molecule has 1 fully saturated rings. The molecule has 2 rings (SSSR count). The standard InChI is InChI=1S/C19H28N2O4/c1-19(2,3)20-17(22)14-10-6-7-12-21(14)18(23)13-9-8-11-15(24-4)16(13)25-5/h8-9,11,14H,6-7,10,12H2,1-5H3,(H,20,22). The summed E-state index contributed by atoms with van der Waals surface area (Å²) in [4.78, 5) is 27.5. The molecule has 0 aliphatic carbocycles. The maximum atomic E-state index is 13.1. The smallest absolute Gasteiger partial charge is 0.258 e. The molecule has 1 atom stereocenters. The minimum Gasteiger partial charge on any atom is -0.493 e. The van der Waals surface area contributed by atoms with Crippen molar-refractivity contribution in [2.24, 2.45) is 0 Å². The largest absolute Gasteiger partial charge is 0.493 e. The van der Waals surface area contributed by atoms with Gasteiger partial charge in [-0.1, -0.05) is 6.07 Å². The molecule has 0 bridgehead atoms. The highest BCUT2D eigenvalue weighted by molar-refractivity contribution is 6.00. The minimum atomic E-state index is -0.462. The summed E-state index contributed by atoms with van der Waals surface area (Å²) in [6, 6.07) is 4.74. The van der Waals surface area contributed by atoms with Gasteiger partial charge in [-0.2, -0.15) is 0 Å². The van der Waals surface area contributed by atoms with Crippen LogP contribution in [0.3, 0.4) is 0 Å². The lowest BCUT2D eigenvalue weighted by molar-refractivity contribution is -0.128. The topological polar surface area (TPSA) is 67.9 Å². The van der Waals surface area contributed by atoms with Gasteiger partial charge in [-0.25, -0.2) is 0 Å². The summed E-state index contributed by atoms with van der Waals surface area (Å²) >= 11 is 0. The number of carbonyl (C=O) groups excluding carboxylic acids is 2. The normalized spacial score (nSPS) is 17.8. The van der Waals surface area contributed by atoms with Crippen molar-refractivity contribution >= 4 is 11.8 Å². The number of amides is 2. The second-order valence-electron chi connectivity index (χ2n) is 7.29. The van der Waals surface area contributed by atoms with E-state index in [1.54, 1.807) is 23.1 Å². The van der Waals surface area contributed by atoms with Crippen molar-refractivity contribution in [2.45, 2.75) is 51.6 Å². The van der Waals surface area contributed by atoms with Gasteiger partial charge in [-0.3, -0.25) is 9.59 Å². The van der Waals surface area contributed by atoms with Crippen molar-refractivity contribution in [3.8, 4) is 11.5 Å². The second-order valence-corrected chi connectivity index (χ2v) is 7.29. The van der Waals surface area contributed by atoms with E-state index in [2.05, 4.69) is 5.32 Å². The van der Waals surface area contributed by atoms with E-state index in [4.69, 9.17) is 9.47 Å². The van der Waals surface area contributed by atoms with E-state index in [1.807, 2.05) is 20.8 Å². The lowest BCUT2D eigenvalue weighted by Crippen LogP contribution is -2.55.